The van der Waals surface area contributed by atoms with Gasteiger partial charge >= 0.3 is 6.03 Å². The molecule has 2 aromatic carbocycles. The van der Waals surface area contributed by atoms with E-state index in [9.17, 15) is 9.90 Å². The fraction of sp³-hybridized carbons (Fsp3) is 0.167. The molecule has 0 aliphatic carbocycles. The average molecular weight is 369 g/mol. The molecule has 7 nitrogen and oxygen atoms in total. The number of aromatic nitrogens is 1. The number of carbonyl (C=O) groups excluding carboxylic acids is 1. The SMILES string of the molecule is CN(C)Cc1ccc2nc(NC(=O)N/N=C/c3ccccc3O)sc2c1. The van der Waals surface area contributed by atoms with Crippen LogP contribution in [0, 0.1) is 0 Å². The summed E-state index contributed by atoms with van der Waals surface area (Å²) >= 11 is 1.41. The highest BCUT2D eigenvalue weighted by Crippen LogP contribution is 2.27. The molecule has 0 aliphatic rings. The van der Waals surface area contributed by atoms with Crippen molar-refractivity contribution in [3.05, 3.63) is 53.6 Å². The largest absolute Gasteiger partial charge is 0.507 e. The van der Waals surface area contributed by atoms with Crippen LogP contribution in [0.1, 0.15) is 11.1 Å². The summed E-state index contributed by atoms with van der Waals surface area (Å²) in [6.07, 6.45) is 1.38. The molecule has 0 radical (unpaired) electrons. The summed E-state index contributed by atoms with van der Waals surface area (Å²) in [4.78, 5) is 18.4. The number of carbonyl (C=O) groups is 1. The number of rotatable bonds is 5. The van der Waals surface area contributed by atoms with E-state index in [0.717, 1.165) is 16.8 Å². The van der Waals surface area contributed by atoms with Gasteiger partial charge in [-0.05, 0) is 43.9 Å². The van der Waals surface area contributed by atoms with Crippen molar-refractivity contribution < 1.29 is 9.90 Å². The Kier molecular flexibility index (Phi) is 5.45. The van der Waals surface area contributed by atoms with Crippen LogP contribution in [0.2, 0.25) is 0 Å². The molecule has 0 unspecified atom stereocenters. The van der Waals surface area contributed by atoms with E-state index in [1.807, 2.05) is 26.2 Å². The highest BCUT2D eigenvalue weighted by molar-refractivity contribution is 7.22. The van der Waals surface area contributed by atoms with Gasteiger partial charge in [-0.25, -0.2) is 15.2 Å². The molecule has 3 rings (SSSR count). The van der Waals surface area contributed by atoms with Crippen LogP contribution < -0.4 is 10.7 Å². The lowest BCUT2D eigenvalue weighted by molar-refractivity contribution is 0.252. The minimum absolute atomic E-state index is 0.0955. The van der Waals surface area contributed by atoms with Crippen molar-refractivity contribution in [2.75, 3.05) is 19.4 Å². The topological polar surface area (TPSA) is 89.9 Å². The van der Waals surface area contributed by atoms with Crippen LogP contribution >= 0.6 is 11.3 Å². The van der Waals surface area contributed by atoms with E-state index in [4.69, 9.17) is 0 Å². The van der Waals surface area contributed by atoms with Gasteiger partial charge in [-0.2, -0.15) is 5.10 Å². The normalized spacial score (nSPS) is 11.3. The number of phenols is 1. The molecule has 1 heterocycles. The van der Waals surface area contributed by atoms with E-state index >= 15 is 0 Å². The third kappa shape index (κ3) is 4.56. The fourth-order valence-electron chi connectivity index (χ4n) is 2.37. The number of fused-ring (bicyclic) bond motifs is 1. The molecule has 1 aromatic heterocycles. The fourth-order valence-corrected chi connectivity index (χ4v) is 3.29. The van der Waals surface area contributed by atoms with Gasteiger partial charge in [-0.1, -0.05) is 29.5 Å². The van der Waals surface area contributed by atoms with Gasteiger partial charge in [0.25, 0.3) is 0 Å². The van der Waals surface area contributed by atoms with Gasteiger partial charge in [0, 0.05) is 12.1 Å². The van der Waals surface area contributed by atoms with Gasteiger partial charge in [0.2, 0.25) is 0 Å². The van der Waals surface area contributed by atoms with Gasteiger partial charge in [0.05, 0.1) is 16.4 Å². The smallest absolute Gasteiger partial charge is 0.341 e. The summed E-state index contributed by atoms with van der Waals surface area (Å²) in [5.74, 6) is 0.0955. The zero-order valence-corrected chi connectivity index (χ0v) is 15.2. The second kappa shape index (κ2) is 7.94. The Morgan fingerprint density at radius 2 is 2.12 bits per heavy atom. The number of hydrogen-bond acceptors (Lipinski definition) is 6. The second-order valence-electron chi connectivity index (χ2n) is 5.94. The number of thiazole rings is 1. The number of phenolic OH excluding ortho intramolecular Hbond substituents is 1. The summed E-state index contributed by atoms with van der Waals surface area (Å²) in [5.41, 5.74) is 4.90. The minimum atomic E-state index is -0.496. The van der Waals surface area contributed by atoms with Crippen LogP contribution in [0.3, 0.4) is 0 Å². The Bertz CT molecular complexity index is 952. The molecule has 0 aliphatic heterocycles. The Hall–Kier alpha value is -2.97. The number of nitrogens with zero attached hydrogens (tertiary/aromatic N) is 3. The van der Waals surface area contributed by atoms with Crippen molar-refractivity contribution in [2.24, 2.45) is 5.10 Å². The summed E-state index contributed by atoms with van der Waals surface area (Å²) < 4.78 is 1.01. The first-order valence-electron chi connectivity index (χ1n) is 7.93. The molecule has 26 heavy (non-hydrogen) atoms. The molecule has 0 bridgehead atoms. The molecule has 2 amide bonds. The third-order valence-corrected chi connectivity index (χ3v) is 4.41. The Balaban J connectivity index is 1.63. The maximum absolute atomic E-state index is 11.9. The second-order valence-corrected chi connectivity index (χ2v) is 6.97. The predicted molar refractivity (Wildman–Crippen MR) is 105 cm³/mol. The molecular weight excluding hydrogens is 350 g/mol. The van der Waals surface area contributed by atoms with Crippen LogP contribution in [0.4, 0.5) is 9.93 Å². The Morgan fingerprint density at radius 1 is 1.31 bits per heavy atom. The van der Waals surface area contributed by atoms with Crippen LogP contribution in [0.25, 0.3) is 10.2 Å². The van der Waals surface area contributed by atoms with E-state index in [2.05, 4.69) is 31.8 Å². The molecule has 0 atom stereocenters. The van der Waals surface area contributed by atoms with Gasteiger partial charge in [-0.3, -0.25) is 5.32 Å². The Labute approximate surface area is 155 Å². The van der Waals surface area contributed by atoms with Crippen molar-refractivity contribution in [3.63, 3.8) is 0 Å². The molecule has 0 saturated carbocycles. The standard InChI is InChI=1S/C18H19N5O2S/c1-23(2)11-12-7-8-14-16(9-12)26-18(20-14)21-17(25)22-19-10-13-5-3-4-6-15(13)24/h3-10,24H,11H2,1-2H3,(H2,20,21,22,25)/b19-10+. The van der Waals surface area contributed by atoms with Crippen molar-refractivity contribution in [1.82, 2.24) is 15.3 Å². The number of aromatic hydroxyl groups is 1. The molecule has 0 fully saturated rings. The quantitative estimate of drug-likeness (QED) is 0.476. The van der Waals surface area contributed by atoms with Crippen LogP contribution in [0.15, 0.2) is 47.6 Å². The first-order chi connectivity index (χ1) is 12.5. The monoisotopic (exact) mass is 369 g/mol. The van der Waals surface area contributed by atoms with E-state index in [1.165, 1.54) is 23.1 Å². The van der Waals surface area contributed by atoms with Crippen LogP contribution in [0.5, 0.6) is 5.75 Å². The lowest BCUT2D eigenvalue weighted by atomic mass is 10.2. The number of benzene rings is 2. The number of amides is 2. The molecule has 8 heteroatoms. The first-order valence-corrected chi connectivity index (χ1v) is 8.75. The minimum Gasteiger partial charge on any atom is -0.507 e. The third-order valence-electron chi connectivity index (χ3n) is 3.48. The lowest BCUT2D eigenvalue weighted by Crippen LogP contribution is -2.24. The number of urea groups is 1. The van der Waals surface area contributed by atoms with Crippen LogP contribution in [-0.4, -0.2) is 41.3 Å². The highest BCUT2D eigenvalue weighted by atomic mass is 32.1. The van der Waals surface area contributed by atoms with Gasteiger partial charge in [-0.15, -0.1) is 0 Å². The zero-order chi connectivity index (χ0) is 18.5. The van der Waals surface area contributed by atoms with E-state index in [-0.39, 0.29) is 5.75 Å². The number of anilines is 1. The summed E-state index contributed by atoms with van der Waals surface area (Å²) in [6.45, 7) is 0.845. The molecule has 134 valence electrons. The van der Waals surface area contributed by atoms with Crippen molar-refractivity contribution in [1.29, 1.82) is 0 Å². The van der Waals surface area contributed by atoms with Crippen LogP contribution in [-0.2, 0) is 6.54 Å². The van der Waals surface area contributed by atoms with Gasteiger partial charge in [0.15, 0.2) is 5.13 Å². The Morgan fingerprint density at radius 3 is 2.88 bits per heavy atom. The van der Waals surface area contributed by atoms with Crippen molar-refractivity contribution >= 4 is 38.9 Å². The summed E-state index contributed by atoms with van der Waals surface area (Å²) in [6, 6.07) is 12.3. The number of para-hydroxylation sites is 1. The molecule has 0 spiro atoms. The zero-order valence-electron chi connectivity index (χ0n) is 14.4. The first kappa shape index (κ1) is 17.8. The maximum Gasteiger partial charge on any atom is 0.341 e. The summed E-state index contributed by atoms with van der Waals surface area (Å²) in [7, 11) is 4.04. The predicted octanol–water partition coefficient (Wildman–Crippen LogP) is 3.22. The van der Waals surface area contributed by atoms with Crippen molar-refractivity contribution in [3.8, 4) is 5.75 Å². The average Bonchev–Trinajstić information content (AvgIpc) is 2.97. The molecule has 3 aromatic rings. The maximum atomic E-state index is 11.9. The van der Waals surface area contributed by atoms with E-state index in [1.54, 1.807) is 24.3 Å². The molecular formula is C18H19N5O2S. The number of hydrogen-bond donors (Lipinski definition) is 3. The van der Waals surface area contributed by atoms with Crippen molar-refractivity contribution in [2.45, 2.75) is 6.54 Å². The van der Waals surface area contributed by atoms with E-state index in [0.29, 0.717) is 10.7 Å². The lowest BCUT2D eigenvalue weighted by Gasteiger charge is -2.08. The summed E-state index contributed by atoms with van der Waals surface area (Å²) in [5, 5.41) is 16.6. The highest BCUT2D eigenvalue weighted by Gasteiger charge is 2.08. The van der Waals surface area contributed by atoms with Gasteiger partial charge in [0.1, 0.15) is 5.75 Å². The number of hydrazone groups is 1. The number of nitrogens with one attached hydrogen (secondary N) is 2. The molecule has 0 saturated heterocycles. The van der Waals surface area contributed by atoms with Gasteiger partial charge < -0.3 is 10.0 Å². The van der Waals surface area contributed by atoms with E-state index < -0.39 is 6.03 Å². The molecule has 3 N–H and O–H groups in total.